The van der Waals surface area contributed by atoms with Gasteiger partial charge < -0.3 is 16.0 Å². The van der Waals surface area contributed by atoms with Gasteiger partial charge in [-0.05, 0) is 51.9 Å². The summed E-state index contributed by atoms with van der Waals surface area (Å²) < 4.78 is 25.3. The molecule has 1 aliphatic rings. The second kappa shape index (κ2) is 8.41. The Balaban J connectivity index is 1.87. The highest BCUT2D eigenvalue weighted by Gasteiger charge is 2.23. The van der Waals surface area contributed by atoms with Crippen LogP contribution < -0.4 is 16.0 Å². The molecular weight excluding hydrogens is 386 g/mol. The Labute approximate surface area is 164 Å². The topological polar surface area (TPSA) is 96.0 Å². The molecule has 1 aromatic carbocycles. The maximum atomic E-state index is 12.6. The first-order valence-electron chi connectivity index (χ1n) is 8.97. The Kier molecular flexibility index (Phi) is 6.18. The number of anilines is 3. The smallest absolute Gasteiger partial charge is 0.224 e. The maximum absolute atomic E-state index is 12.6. The van der Waals surface area contributed by atoms with Crippen LogP contribution in [0.25, 0.3) is 0 Å². The summed E-state index contributed by atoms with van der Waals surface area (Å²) in [5, 5.41) is 9.49. The number of benzene rings is 1. The number of nitrogens with zero attached hydrogens (tertiary/aromatic N) is 2. The Morgan fingerprint density at radius 3 is 2.63 bits per heavy atom. The van der Waals surface area contributed by atoms with Crippen LogP contribution >= 0.6 is 11.6 Å². The first kappa shape index (κ1) is 19.9. The lowest BCUT2D eigenvalue weighted by atomic mass is 10.1. The summed E-state index contributed by atoms with van der Waals surface area (Å²) in [7, 11) is -3.44. The fraction of sp³-hybridized carbons (Fsp3) is 0.444. The minimum absolute atomic E-state index is 0.225. The minimum atomic E-state index is -3.44. The van der Waals surface area contributed by atoms with Crippen molar-refractivity contribution in [3.8, 4) is 0 Å². The molecule has 1 aliphatic heterocycles. The lowest BCUT2D eigenvalue weighted by Crippen LogP contribution is -2.35. The van der Waals surface area contributed by atoms with Gasteiger partial charge in [0.2, 0.25) is 5.95 Å². The summed E-state index contributed by atoms with van der Waals surface area (Å²) in [6.45, 7) is 5.23. The van der Waals surface area contributed by atoms with Gasteiger partial charge in [0.1, 0.15) is 5.02 Å². The third-order valence-electron chi connectivity index (χ3n) is 4.48. The molecule has 27 heavy (non-hydrogen) atoms. The van der Waals surface area contributed by atoms with E-state index in [0.717, 1.165) is 25.9 Å². The Morgan fingerprint density at radius 1 is 1.22 bits per heavy atom. The predicted molar refractivity (Wildman–Crippen MR) is 109 cm³/mol. The standard InChI is InChI=1S/C18H24ClN5O2S/c1-12(2)27(25,26)16-6-4-3-5-15(16)23-17-14(19)11-21-18(24-17)22-13-7-9-20-10-8-13/h3-6,11-13,20H,7-10H2,1-2H3,(H2,21,22,23,24). The molecule has 2 aromatic rings. The quantitative estimate of drug-likeness (QED) is 0.674. The fourth-order valence-corrected chi connectivity index (χ4v) is 4.21. The van der Waals surface area contributed by atoms with E-state index in [1.165, 1.54) is 6.20 Å². The van der Waals surface area contributed by atoms with Gasteiger partial charge in [0.05, 0.1) is 22.0 Å². The van der Waals surface area contributed by atoms with Crippen molar-refractivity contribution >= 4 is 38.9 Å². The van der Waals surface area contributed by atoms with Gasteiger partial charge in [0, 0.05) is 6.04 Å². The van der Waals surface area contributed by atoms with E-state index in [0.29, 0.717) is 28.5 Å². The predicted octanol–water partition coefficient (Wildman–Crippen LogP) is 3.22. The molecule has 0 radical (unpaired) electrons. The third kappa shape index (κ3) is 4.69. The number of rotatable bonds is 6. The number of aromatic nitrogens is 2. The number of hydrogen-bond donors (Lipinski definition) is 3. The summed E-state index contributed by atoms with van der Waals surface area (Å²) in [6, 6.07) is 7.06. The van der Waals surface area contributed by atoms with E-state index < -0.39 is 15.1 Å². The molecule has 146 valence electrons. The summed E-state index contributed by atoms with van der Waals surface area (Å²) in [5.41, 5.74) is 0.444. The Hall–Kier alpha value is -1.90. The summed E-state index contributed by atoms with van der Waals surface area (Å²) in [4.78, 5) is 8.92. The Morgan fingerprint density at radius 2 is 1.93 bits per heavy atom. The van der Waals surface area contributed by atoms with E-state index in [2.05, 4.69) is 25.9 Å². The normalized spacial score (nSPS) is 15.7. The zero-order chi connectivity index (χ0) is 19.4. The SMILES string of the molecule is CC(C)S(=O)(=O)c1ccccc1Nc1nc(NC2CCNCC2)ncc1Cl. The van der Waals surface area contributed by atoms with Crippen molar-refractivity contribution in [3.63, 3.8) is 0 Å². The second-order valence-electron chi connectivity index (χ2n) is 6.77. The number of piperidine rings is 1. The molecule has 1 aromatic heterocycles. The van der Waals surface area contributed by atoms with Crippen molar-refractivity contribution in [1.82, 2.24) is 15.3 Å². The van der Waals surface area contributed by atoms with Gasteiger partial charge in [0.15, 0.2) is 15.7 Å². The molecule has 1 saturated heterocycles. The van der Waals surface area contributed by atoms with Crippen molar-refractivity contribution in [2.45, 2.75) is 42.9 Å². The number of hydrogen-bond acceptors (Lipinski definition) is 7. The van der Waals surface area contributed by atoms with E-state index >= 15 is 0 Å². The first-order valence-corrected chi connectivity index (χ1v) is 10.9. The molecule has 0 unspecified atom stereocenters. The fourth-order valence-electron chi connectivity index (χ4n) is 2.87. The highest BCUT2D eigenvalue weighted by molar-refractivity contribution is 7.92. The van der Waals surface area contributed by atoms with Gasteiger partial charge in [-0.25, -0.2) is 13.4 Å². The zero-order valence-electron chi connectivity index (χ0n) is 15.4. The number of sulfone groups is 1. The number of halogens is 1. The maximum Gasteiger partial charge on any atom is 0.224 e. The van der Waals surface area contributed by atoms with Gasteiger partial charge in [-0.15, -0.1) is 0 Å². The lowest BCUT2D eigenvalue weighted by Gasteiger charge is -2.23. The monoisotopic (exact) mass is 409 g/mol. The third-order valence-corrected chi connectivity index (χ3v) is 6.97. The summed E-state index contributed by atoms with van der Waals surface area (Å²) >= 11 is 6.24. The van der Waals surface area contributed by atoms with Crippen molar-refractivity contribution in [1.29, 1.82) is 0 Å². The van der Waals surface area contributed by atoms with Crippen LogP contribution in [0.1, 0.15) is 26.7 Å². The van der Waals surface area contributed by atoms with Crippen molar-refractivity contribution < 1.29 is 8.42 Å². The summed E-state index contributed by atoms with van der Waals surface area (Å²) in [5.74, 6) is 0.840. The van der Waals surface area contributed by atoms with Crippen molar-refractivity contribution in [2.24, 2.45) is 0 Å². The molecule has 7 nitrogen and oxygen atoms in total. The van der Waals surface area contributed by atoms with Crippen LogP contribution in [0.2, 0.25) is 5.02 Å². The van der Waals surface area contributed by atoms with Gasteiger partial charge >= 0.3 is 0 Å². The van der Waals surface area contributed by atoms with Gasteiger partial charge in [0.25, 0.3) is 0 Å². The van der Waals surface area contributed by atoms with Crippen LogP contribution in [0, 0.1) is 0 Å². The van der Waals surface area contributed by atoms with Crippen LogP contribution in [-0.2, 0) is 9.84 Å². The second-order valence-corrected chi connectivity index (χ2v) is 9.65. The molecule has 3 rings (SSSR count). The Bertz CT molecular complexity index is 898. The average molecular weight is 410 g/mol. The number of para-hydroxylation sites is 1. The van der Waals surface area contributed by atoms with E-state index in [4.69, 9.17) is 11.6 Å². The molecule has 0 spiro atoms. The first-order chi connectivity index (χ1) is 12.9. The van der Waals surface area contributed by atoms with Crippen LogP contribution in [0.3, 0.4) is 0 Å². The van der Waals surface area contributed by atoms with Crippen LogP contribution in [0.15, 0.2) is 35.4 Å². The van der Waals surface area contributed by atoms with E-state index in [-0.39, 0.29) is 4.90 Å². The molecule has 2 heterocycles. The van der Waals surface area contributed by atoms with Crippen LogP contribution in [-0.4, -0.2) is 42.8 Å². The highest BCUT2D eigenvalue weighted by Crippen LogP contribution is 2.30. The molecule has 0 bridgehead atoms. The van der Waals surface area contributed by atoms with Crippen molar-refractivity contribution in [3.05, 3.63) is 35.5 Å². The zero-order valence-corrected chi connectivity index (χ0v) is 16.9. The van der Waals surface area contributed by atoms with Crippen LogP contribution in [0.5, 0.6) is 0 Å². The molecule has 0 saturated carbocycles. The van der Waals surface area contributed by atoms with E-state index in [1.807, 2.05) is 0 Å². The molecule has 9 heteroatoms. The highest BCUT2D eigenvalue weighted by atomic mass is 35.5. The van der Waals surface area contributed by atoms with Gasteiger partial charge in [-0.2, -0.15) is 4.98 Å². The summed E-state index contributed by atoms with van der Waals surface area (Å²) in [6.07, 6.45) is 3.49. The van der Waals surface area contributed by atoms with E-state index in [1.54, 1.807) is 38.1 Å². The largest absolute Gasteiger partial charge is 0.351 e. The molecule has 1 fully saturated rings. The molecule has 3 N–H and O–H groups in total. The van der Waals surface area contributed by atoms with Crippen LogP contribution in [0.4, 0.5) is 17.5 Å². The average Bonchev–Trinajstić information content (AvgIpc) is 2.65. The molecular formula is C18H24ClN5O2S. The molecule has 0 aliphatic carbocycles. The van der Waals surface area contributed by atoms with Crippen molar-refractivity contribution in [2.75, 3.05) is 23.7 Å². The molecule has 0 atom stereocenters. The molecule has 0 amide bonds. The van der Waals surface area contributed by atoms with E-state index in [9.17, 15) is 8.42 Å². The number of nitrogens with one attached hydrogen (secondary N) is 3. The lowest BCUT2D eigenvalue weighted by molar-refractivity contribution is 0.477. The minimum Gasteiger partial charge on any atom is -0.351 e. The van der Waals surface area contributed by atoms with Gasteiger partial charge in [-0.3, -0.25) is 0 Å². The van der Waals surface area contributed by atoms with Gasteiger partial charge in [-0.1, -0.05) is 23.7 Å².